The quantitative estimate of drug-likeness (QED) is 0.894. The molecule has 2 fully saturated rings. The highest BCUT2D eigenvalue weighted by molar-refractivity contribution is 5.94. The molecule has 0 aliphatic carbocycles. The van der Waals surface area contributed by atoms with E-state index in [0.29, 0.717) is 24.4 Å². The minimum atomic E-state index is 0.00976. The predicted octanol–water partition coefficient (Wildman–Crippen LogP) is 1.89. The number of likely N-dealkylation sites (tertiary alicyclic amines) is 2. The number of rotatable bonds is 3. The van der Waals surface area contributed by atoms with E-state index in [4.69, 9.17) is 10.5 Å². The molecule has 2 amide bonds. The van der Waals surface area contributed by atoms with E-state index in [2.05, 4.69) is 0 Å². The lowest BCUT2D eigenvalue weighted by Gasteiger charge is -2.34. The van der Waals surface area contributed by atoms with Crippen LogP contribution in [0.4, 0.5) is 0 Å². The second kappa shape index (κ2) is 8.54. The lowest BCUT2D eigenvalue weighted by atomic mass is 9.94. The molecule has 2 aliphatic rings. The van der Waals surface area contributed by atoms with Gasteiger partial charge < -0.3 is 20.3 Å². The van der Waals surface area contributed by atoms with Crippen LogP contribution in [0.3, 0.4) is 0 Å². The SMILES string of the molecule is COc1cccc(C(=O)N2CCC(C(=O)N3CCC[C@@H](N)CC3)CC2)c1. The van der Waals surface area contributed by atoms with Crippen LogP contribution in [0.15, 0.2) is 24.3 Å². The van der Waals surface area contributed by atoms with Gasteiger partial charge in [0.15, 0.2) is 0 Å². The maximum absolute atomic E-state index is 12.8. The second-order valence-corrected chi connectivity index (χ2v) is 7.31. The molecule has 2 heterocycles. The summed E-state index contributed by atoms with van der Waals surface area (Å²) in [5, 5.41) is 0. The molecule has 0 saturated carbocycles. The summed E-state index contributed by atoms with van der Waals surface area (Å²) in [5.74, 6) is 0.960. The first kappa shape index (κ1) is 18.7. The molecule has 6 heteroatoms. The average molecular weight is 359 g/mol. The molecule has 1 aromatic carbocycles. The number of nitrogens with two attached hydrogens (primary N) is 1. The van der Waals surface area contributed by atoms with Crippen molar-refractivity contribution in [2.75, 3.05) is 33.3 Å². The summed E-state index contributed by atoms with van der Waals surface area (Å²) in [7, 11) is 1.59. The van der Waals surface area contributed by atoms with E-state index in [1.807, 2.05) is 28.0 Å². The topological polar surface area (TPSA) is 75.9 Å². The third-order valence-corrected chi connectivity index (χ3v) is 5.53. The van der Waals surface area contributed by atoms with Gasteiger partial charge in [0.05, 0.1) is 7.11 Å². The van der Waals surface area contributed by atoms with Crippen molar-refractivity contribution in [1.82, 2.24) is 9.80 Å². The van der Waals surface area contributed by atoms with Gasteiger partial charge in [-0.15, -0.1) is 0 Å². The van der Waals surface area contributed by atoms with Crippen molar-refractivity contribution in [3.63, 3.8) is 0 Å². The van der Waals surface area contributed by atoms with Gasteiger partial charge >= 0.3 is 0 Å². The van der Waals surface area contributed by atoms with Gasteiger partial charge in [-0.3, -0.25) is 9.59 Å². The van der Waals surface area contributed by atoms with Gasteiger partial charge in [0.1, 0.15) is 5.75 Å². The highest BCUT2D eigenvalue weighted by Gasteiger charge is 2.31. The van der Waals surface area contributed by atoms with Gasteiger partial charge in [0.25, 0.3) is 5.91 Å². The summed E-state index contributed by atoms with van der Waals surface area (Å²) in [5.41, 5.74) is 6.65. The van der Waals surface area contributed by atoms with Gasteiger partial charge in [-0.25, -0.2) is 0 Å². The van der Waals surface area contributed by atoms with E-state index in [9.17, 15) is 9.59 Å². The van der Waals surface area contributed by atoms with E-state index in [1.165, 1.54) is 0 Å². The molecule has 0 spiro atoms. The van der Waals surface area contributed by atoms with Crippen molar-refractivity contribution >= 4 is 11.8 Å². The normalized spacial score (nSPS) is 22.0. The van der Waals surface area contributed by atoms with Crippen molar-refractivity contribution in [2.24, 2.45) is 11.7 Å². The Morgan fingerprint density at radius 3 is 2.50 bits per heavy atom. The van der Waals surface area contributed by atoms with Crippen LogP contribution in [0.25, 0.3) is 0 Å². The minimum absolute atomic E-state index is 0.00976. The first-order valence-electron chi connectivity index (χ1n) is 9.56. The Labute approximate surface area is 155 Å². The van der Waals surface area contributed by atoms with Crippen molar-refractivity contribution in [2.45, 2.75) is 38.1 Å². The molecular formula is C20H29N3O3. The number of methoxy groups -OCH3 is 1. The summed E-state index contributed by atoms with van der Waals surface area (Å²) in [6.07, 6.45) is 4.34. The summed E-state index contributed by atoms with van der Waals surface area (Å²) in [6.45, 7) is 2.83. The number of ether oxygens (including phenoxy) is 1. The molecule has 0 bridgehead atoms. The maximum atomic E-state index is 12.8. The molecule has 0 radical (unpaired) electrons. The molecule has 2 saturated heterocycles. The molecule has 3 rings (SSSR count). The number of nitrogens with zero attached hydrogens (tertiary/aromatic N) is 2. The van der Waals surface area contributed by atoms with Gasteiger partial charge in [0, 0.05) is 43.7 Å². The van der Waals surface area contributed by atoms with Crippen LogP contribution in [0.5, 0.6) is 5.75 Å². The van der Waals surface area contributed by atoms with E-state index in [-0.39, 0.29) is 23.8 Å². The highest BCUT2D eigenvalue weighted by atomic mass is 16.5. The zero-order valence-corrected chi connectivity index (χ0v) is 15.5. The van der Waals surface area contributed by atoms with E-state index in [1.54, 1.807) is 13.2 Å². The van der Waals surface area contributed by atoms with Gasteiger partial charge in [-0.2, -0.15) is 0 Å². The van der Waals surface area contributed by atoms with Crippen LogP contribution in [-0.2, 0) is 4.79 Å². The van der Waals surface area contributed by atoms with Crippen LogP contribution in [0, 0.1) is 5.92 Å². The molecule has 0 aromatic heterocycles. The number of hydrogen-bond donors (Lipinski definition) is 1. The minimum Gasteiger partial charge on any atom is -0.497 e. The van der Waals surface area contributed by atoms with Crippen LogP contribution < -0.4 is 10.5 Å². The molecule has 2 aliphatic heterocycles. The number of carbonyl (C=O) groups is 2. The van der Waals surface area contributed by atoms with Crippen LogP contribution in [0.1, 0.15) is 42.5 Å². The third-order valence-electron chi connectivity index (χ3n) is 5.53. The lowest BCUT2D eigenvalue weighted by molar-refractivity contribution is -0.136. The maximum Gasteiger partial charge on any atom is 0.253 e. The van der Waals surface area contributed by atoms with Crippen molar-refractivity contribution < 1.29 is 14.3 Å². The fourth-order valence-electron chi connectivity index (χ4n) is 3.87. The molecule has 0 unspecified atom stereocenters. The molecular weight excluding hydrogens is 330 g/mol. The average Bonchev–Trinajstić information content (AvgIpc) is 2.91. The Morgan fingerprint density at radius 1 is 1.04 bits per heavy atom. The fraction of sp³-hybridized carbons (Fsp3) is 0.600. The Bertz CT molecular complexity index is 641. The van der Waals surface area contributed by atoms with Crippen molar-refractivity contribution in [3.8, 4) is 5.75 Å². The van der Waals surface area contributed by atoms with Crippen LogP contribution in [0.2, 0.25) is 0 Å². The molecule has 26 heavy (non-hydrogen) atoms. The van der Waals surface area contributed by atoms with E-state index >= 15 is 0 Å². The van der Waals surface area contributed by atoms with Crippen molar-refractivity contribution in [1.29, 1.82) is 0 Å². The number of carbonyl (C=O) groups excluding carboxylic acids is 2. The Hall–Kier alpha value is -2.08. The zero-order valence-electron chi connectivity index (χ0n) is 15.5. The van der Waals surface area contributed by atoms with Gasteiger partial charge in [-0.05, 0) is 50.3 Å². The molecule has 1 atom stereocenters. The van der Waals surface area contributed by atoms with Crippen LogP contribution in [-0.4, -0.2) is 60.9 Å². The van der Waals surface area contributed by atoms with Gasteiger partial charge in [0.2, 0.25) is 5.91 Å². The summed E-state index contributed by atoms with van der Waals surface area (Å²) >= 11 is 0. The number of benzene rings is 1. The third kappa shape index (κ3) is 4.36. The first-order chi connectivity index (χ1) is 12.6. The number of piperidine rings is 1. The summed E-state index contributed by atoms with van der Waals surface area (Å²) in [4.78, 5) is 29.3. The molecule has 142 valence electrons. The molecule has 6 nitrogen and oxygen atoms in total. The standard InChI is InChI=1S/C20H29N3O3/c1-26-18-6-2-4-16(14-18)20(25)23-11-7-15(8-12-23)19(24)22-10-3-5-17(21)9-13-22/h2,4,6,14-15,17H,3,5,7-13,21H2,1H3/t17-/m1/s1. The number of hydrogen-bond acceptors (Lipinski definition) is 4. The lowest BCUT2D eigenvalue weighted by Crippen LogP contribution is -2.44. The second-order valence-electron chi connectivity index (χ2n) is 7.31. The predicted molar refractivity (Wildman–Crippen MR) is 100 cm³/mol. The van der Waals surface area contributed by atoms with E-state index in [0.717, 1.165) is 45.2 Å². The highest BCUT2D eigenvalue weighted by Crippen LogP contribution is 2.23. The molecule has 1 aromatic rings. The first-order valence-corrected chi connectivity index (χ1v) is 9.56. The monoisotopic (exact) mass is 359 g/mol. The smallest absolute Gasteiger partial charge is 0.253 e. The number of amides is 2. The molecule has 2 N–H and O–H groups in total. The summed E-state index contributed by atoms with van der Waals surface area (Å²) < 4.78 is 5.20. The van der Waals surface area contributed by atoms with E-state index < -0.39 is 0 Å². The summed E-state index contributed by atoms with van der Waals surface area (Å²) in [6, 6.07) is 7.44. The van der Waals surface area contributed by atoms with Crippen LogP contribution >= 0.6 is 0 Å². The van der Waals surface area contributed by atoms with Crippen molar-refractivity contribution in [3.05, 3.63) is 29.8 Å². The Morgan fingerprint density at radius 2 is 1.77 bits per heavy atom. The largest absolute Gasteiger partial charge is 0.497 e. The Balaban J connectivity index is 1.55. The Kier molecular flexibility index (Phi) is 6.14. The fourth-order valence-corrected chi connectivity index (χ4v) is 3.87. The van der Waals surface area contributed by atoms with Gasteiger partial charge in [-0.1, -0.05) is 6.07 Å². The zero-order chi connectivity index (χ0) is 18.5.